The Kier molecular flexibility index (Phi) is 5.33. The summed E-state index contributed by atoms with van der Waals surface area (Å²) in [5, 5.41) is 2.91. The molecule has 10 heteroatoms. The molecule has 0 aromatic carbocycles. The number of carbonyl (C=O) groups is 1. The summed E-state index contributed by atoms with van der Waals surface area (Å²) in [6.07, 6.45) is 6.80. The number of carbonyl (C=O) groups excluding carboxylic acids is 1. The molecular formula is C16H22N6O3S. The number of nitrogens with one attached hydrogen (secondary N) is 2. The van der Waals surface area contributed by atoms with Gasteiger partial charge in [0.2, 0.25) is 15.9 Å². The van der Waals surface area contributed by atoms with Crippen molar-refractivity contribution < 1.29 is 13.2 Å². The Morgan fingerprint density at radius 2 is 1.96 bits per heavy atom. The Labute approximate surface area is 152 Å². The molecule has 0 radical (unpaired) electrons. The molecule has 1 aliphatic rings. The van der Waals surface area contributed by atoms with E-state index >= 15 is 0 Å². The number of fused-ring (bicyclic) bond motifs is 1. The van der Waals surface area contributed by atoms with E-state index in [0.717, 1.165) is 30.4 Å². The van der Waals surface area contributed by atoms with E-state index in [0.29, 0.717) is 18.1 Å². The molecule has 1 amide bonds. The van der Waals surface area contributed by atoms with Gasteiger partial charge in [-0.25, -0.2) is 28.1 Å². The molecule has 0 aliphatic carbocycles. The molecule has 0 saturated carbocycles. The third kappa shape index (κ3) is 4.64. The van der Waals surface area contributed by atoms with Crippen LogP contribution in [0, 0.1) is 5.92 Å². The van der Waals surface area contributed by atoms with Crippen LogP contribution in [0.1, 0.15) is 13.3 Å². The van der Waals surface area contributed by atoms with Crippen LogP contribution in [0.3, 0.4) is 0 Å². The van der Waals surface area contributed by atoms with Crippen molar-refractivity contribution in [1.82, 2.24) is 25.0 Å². The monoisotopic (exact) mass is 378 g/mol. The second-order valence-electron chi connectivity index (χ2n) is 6.66. The smallest absolute Gasteiger partial charge is 0.235 e. The van der Waals surface area contributed by atoms with Crippen LogP contribution in [0.25, 0.3) is 11.2 Å². The maximum absolute atomic E-state index is 12.0. The highest BCUT2D eigenvalue weighted by Crippen LogP contribution is 2.27. The molecule has 0 unspecified atom stereocenters. The summed E-state index contributed by atoms with van der Waals surface area (Å²) in [6.45, 7) is 3.32. The molecule has 0 bridgehead atoms. The third-order valence-electron chi connectivity index (χ3n) is 4.21. The molecule has 2 aromatic rings. The van der Waals surface area contributed by atoms with Crippen molar-refractivity contribution >= 4 is 32.8 Å². The van der Waals surface area contributed by atoms with E-state index in [4.69, 9.17) is 0 Å². The van der Waals surface area contributed by atoms with Crippen molar-refractivity contribution in [1.29, 1.82) is 0 Å². The van der Waals surface area contributed by atoms with Crippen molar-refractivity contribution in [3.63, 3.8) is 0 Å². The quantitative estimate of drug-likeness (QED) is 0.746. The molecule has 26 heavy (non-hydrogen) atoms. The Hall–Kier alpha value is -2.33. The van der Waals surface area contributed by atoms with Crippen LogP contribution >= 0.6 is 0 Å². The summed E-state index contributed by atoms with van der Waals surface area (Å²) in [5.74, 6) is 0.0191. The SMILES string of the molecule is C[C@H]1C[C@@H](NC(=O)CNS(C)(=O)=O)CN(c2ccnc3nccnc23)C1. The van der Waals surface area contributed by atoms with Gasteiger partial charge in [0.15, 0.2) is 5.65 Å². The fraction of sp³-hybridized carbons (Fsp3) is 0.500. The predicted molar refractivity (Wildman–Crippen MR) is 98.1 cm³/mol. The molecule has 0 spiro atoms. The van der Waals surface area contributed by atoms with E-state index < -0.39 is 10.0 Å². The van der Waals surface area contributed by atoms with Crippen LogP contribution in [0.5, 0.6) is 0 Å². The van der Waals surface area contributed by atoms with Crippen LogP contribution in [-0.4, -0.2) is 61.2 Å². The number of nitrogens with zero attached hydrogens (tertiary/aromatic N) is 4. The maximum atomic E-state index is 12.0. The average molecular weight is 378 g/mol. The molecule has 1 saturated heterocycles. The lowest BCUT2D eigenvalue weighted by Gasteiger charge is -2.38. The summed E-state index contributed by atoms with van der Waals surface area (Å²) in [4.78, 5) is 27.1. The lowest BCUT2D eigenvalue weighted by molar-refractivity contribution is -0.120. The van der Waals surface area contributed by atoms with Gasteiger partial charge in [-0.15, -0.1) is 0 Å². The average Bonchev–Trinajstić information content (AvgIpc) is 2.58. The highest BCUT2D eigenvalue weighted by Gasteiger charge is 2.27. The minimum Gasteiger partial charge on any atom is -0.367 e. The van der Waals surface area contributed by atoms with Crippen molar-refractivity contribution in [2.24, 2.45) is 5.92 Å². The van der Waals surface area contributed by atoms with Gasteiger partial charge in [-0.1, -0.05) is 6.92 Å². The van der Waals surface area contributed by atoms with Gasteiger partial charge >= 0.3 is 0 Å². The second kappa shape index (κ2) is 7.50. The number of pyridine rings is 1. The van der Waals surface area contributed by atoms with Gasteiger partial charge in [0, 0.05) is 37.7 Å². The number of piperidine rings is 1. The fourth-order valence-electron chi connectivity index (χ4n) is 3.25. The van der Waals surface area contributed by atoms with Gasteiger partial charge < -0.3 is 10.2 Å². The molecule has 3 heterocycles. The Morgan fingerprint density at radius 1 is 1.23 bits per heavy atom. The molecule has 2 aromatic heterocycles. The summed E-state index contributed by atoms with van der Waals surface area (Å²) in [5.41, 5.74) is 2.25. The molecule has 2 atom stereocenters. The first-order valence-corrected chi connectivity index (χ1v) is 10.3. The summed E-state index contributed by atoms with van der Waals surface area (Å²) in [6, 6.07) is 1.83. The first kappa shape index (κ1) is 18.5. The number of hydrogen-bond acceptors (Lipinski definition) is 7. The molecule has 1 aliphatic heterocycles. The number of rotatable bonds is 5. The normalized spacial score (nSPS) is 20.9. The fourth-order valence-corrected chi connectivity index (χ4v) is 3.64. The first-order valence-electron chi connectivity index (χ1n) is 8.36. The summed E-state index contributed by atoms with van der Waals surface area (Å²) < 4.78 is 24.5. The molecule has 2 N–H and O–H groups in total. The number of amides is 1. The van der Waals surface area contributed by atoms with Crippen LogP contribution in [0.2, 0.25) is 0 Å². The lowest BCUT2D eigenvalue weighted by atomic mass is 9.95. The van der Waals surface area contributed by atoms with Crippen molar-refractivity contribution in [2.75, 3.05) is 30.8 Å². The lowest BCUT2D eigenvalue weighted by Crippen LogP contribution is -2.52. The van der Waals surface area contributed by atoms with Crippen LogP contribution in [-0.2, 0) is 14.8 Å². The second-order valence-corrected chi connectivity index (χ2v) is 8.50. The maximum Gasteiger partial charge on any atom is 0.235 e. The van der Waals surface area contributed by atoms with Crippen molar-refractivity contribution in [3.8, 4) is 0 Å². The number of hydrogen-bond donors (Lipinski definition) is 2. The van der Waals surface area contributed by atoms with E-state index in [2.05, 4.69) is 36.8 Å². The molecule has 9 nitrogen and oxygen atoms in total. The van der Waals surface area contributed by atoms with Gasteiger partial charge in [-0.3, -0.25) is 4.79 Å². The minimum atomic E-state index is -3.39. The largest absolute Gasteiger partial charge is 0.367 e. The summed E-state index contributed by atoms with van der Waals surface area (Å²) in [7, 11) is -3.39. The van der Waals surface area contributed by atoms with Gasteiger partial charge in [0.25, 0.3) is 0 Å². The zero-order valence-corrected chi connectivity index (χ0v) is 15.5. The zero-order valence-electron chi connectivity index (χ0n) is 14.7. The van der Waals surface area contributed by atoms with Gasteiger partial charge in [0.05, 0.1) is 18.5 Å². The molecule has 1 fully saturated rings. The number of aromatic nitrogens is 3. The third-order valence-corrected chi connectivity index (χ3v) is 4.88. The number of anilines is 1. The molecular weight excluding hydrogens is 356 g/mol. The molecule has 140 valence electrons. The van der Waals surface area contributed by atoms with Gasteiger partial charge in [-0.2, -0.15) is 0 Å². The van der Waals surface area contributed by atoms with E-state index in [1.165, 1.54) is 0 Å². The van der Waals surface area contributed by atoms with Crippen molar-refractivity contribution in [2.45, 2.75) is 19.4 Å². The topological polar surface area (TPSA) is 117 Å². The standard InChI is InChI=1S/C16H22N6O3S/c1-11-7-12(21-14(23)8-20-26(2,24)25)10-22(9-11)13-3-4-18-16-15(13)17-5-6-19-16/h3-6,11-12,20H,7-10H2,1-2H3,(H,21,23)/t11-,12+/m0/s1. The Bertz CT molecular complexity index is 898. The highest BCUT2D eigenvalue weighted by atomic mass is 32.2. The highest BCUT2D eigenvalue weighted by molar-refractivity contribution is 7.88. The summed E-state index contributed by atoms with van der Waals surface area (Å²) >= 11 is 0. The molecule has 3 rings (SSSR count). The Balaban J connectivity index is 1.73. The van der Waals surface area contributed by atoms with E-state index in [1.54, 1.807) is 18.6 Å². The van der Waals surface area contributed by atoms with Crippen LogP contribution < -0.4 is 14.9 Å². The van der Waals surface area contributed by atoms with E-state index in [-0.39, 0.29) is 18.5 Å². The minimum absolute atomic E-state index is 0.0764. The van der Waals surface area contributed by atoms with Crippen LogP contribution in [0.15, 0.2) is 24.7 Å². The van der Waals surface area contributed by atoms with E-state index in [1.807, 2.05) is 6.07 Å². The van der Waals surface area contributed by atoms with E-state index in [9.17, 15) is 13.2 Å². The predicted octanol–water partition coefficient (Wildman–Crippen LogP) is -0.0950. The van der Waals surface area contributed by atoms with Crippen LogP contribution in [0.4, 0.5) is 5.69 Å². The first-order chi connectivity index (χ1) is 12.3. The Morgan fingerprint density at radius 3 is 2.73 bits per heavy atom. The van der Waals surface area contributed by atoms with Gasteiger partial charge in [-0.05, 0) is 18.4 Å². The van der Waals surface area contributed by atoms with Crippen molar-refractivity contribution in [3.05, 3.63) is 24.7 Å². The van der Waals surface area contributed by atoms with Gasteiger partial charge in [0.1, 0.15) is 5.52 Å². The zero-order chi connectivity index (χ0) is 18.7. The number of sulfonamides is 1.